The summed E-state index contributed by atoms with van der Waals surface area (Å²) < 4.78 is 0. The van der Waals surface area contributed by atoms with E-state index in [9.17, 15) is 9.90 Å². The van der Waals surface area contributed by atoms with Gasteiger partial charge in [-0.3, -0.25) is 14.7 Å². The maximum absolute atomic E-state index is 12.9. The maximum atomic E-state index is 12.9. The quantitative estimate of drug-likeness (QED) is 0.889. The Balaban J connectivity index is 1.82. The Morgan fingerprint density at radius 1 is 1.27 bits per heavy atom. The van der Waals surface area contributed by atoms with Crippen LogP contribution < -0.4 is 5.73 Å². The molecule has 26 heavy (non-hydrogen) atoms. The number of phenols is 1. The van der Waals surface area contributed by atoms with Gasteiger partial charge in [-0.15, -0.1) is 0 Å². The smallest absolute Gasteiger partial charge is 0.235 e. The summed E-state index contributed by atoms with van der Waals surface area (Å²) >= 11 is 0. The molecule has 1 aromatic carbocycles. The minimum absolute atomic E-state index is 0.0261. The number of aromatic hydroxyl groups is 1. The number of aliphatic imine (C=N–C) groups is 1. The molecule has 0 bridgehead atoms. The topological polar surface area (TPSA) is 91.8 Å². The van der Waals surface area contributed by atoms with Crippen LogP contribution in [0.4, 0.5) is 0 Å². The fourth-order valence-corrected chi connectivity index (χ4v) is 3.85. The molecule has 2 aromatic rings. The third-order valence-corrected chi connectivity index (χ3v) is 5.47. The first-order valence-corrected chi connectivity index (χ1v) is 8.79. The molecule has 0 spiro atoms. The van der Waals surface area contributed by atoms with Crippen molar-refractivity contribution in [2.24, 2.45) is 22.6 Å². The first-order chi connectivity index (χ1) is 12.4. The number of phenolic OH excluding ortho intramolecular Hbond substituents is 1. The van der Waals surface area contributed by atoms with Gasteiger partial charge in [0.2, 0.25) is 5.91 Å². The Labute approximate surface area is 152 Å². The van der Waals surface area contributed by atoms with E-state index in [0.717, 1.165) is 29.7 Å². The van der Waals surface area contributed by atoms with E-state index < -0.39 is 5.54 Å². The molecule has 2 aliphatic rings. The van der Waals surface area contributed by atoms with Gasteiger partial charge >= 0.3 is 0 Å². The second-order valence-electron chi connectivity index (χ2n) is 7.31. The van der Waals surface area contributed by atoms with Crippen molar-refractivity contribution in [1.29, 1.82) is 0 Å². The second kappa shape index (κ2) is 5.83. The van der Waals surface area contributed by atoms with Crippen molar-refractivity contribution in [3.05, 3.63) is 48.2 Å². The van der Waals surface area contributed by atoms with Gasteiger partial charge in [-0.25, -0.2) is 4.99 Å². The summed E-state index contributed by atoms with van der Waals surface area (Å²) in [6, 6.07) is 10.8. The first kappa shape index (κ1) is 16.6. The molecule has 1 aromatic heterocycles. The van der Waals surface area contributed by atoms with Crippen molar-refractivity contribution >= 4 is 11.9 Å². The van der Waals surface area contributed by atoms with Gasteiger partial charge in [0, 0.05) is 18.8 Å². The molecular weight excluding hydrogens is 328 g/mol. The van der Waals surface area contributed by atoms with E-state index in [2.05, 4.69) is 4.98 Å². The van der Waals surface area contributed by atoms with Crippen LogP contribution in [-0.4, -0.2) is 33.9 Å². The Hall–Kier alpha value is -2.89. The van der Waals surface area contributed by atoms with E-state index in [1.165, 1.54) is 4.90 Å². The molecule has 3 N–H and O–H groups in total. The summed E-state index contributed by atoms with van der Waals surface area (Å²) in [7, 11) is 1.68. The molecule has 1 fully saturated rings. The van der Waals surface area contributed by atoms with Crippen LogP contribution in [0.3, 0.4) is 0 Å². The second-order valence-corrected chi connectivity index (χ2v) is 7.31. The lowest BCUT2D eigenvalue weighted by molar-refractivity contribution is -0.135. The number of rotatable bonds is 3. The summed E-state index contributed by atoms with van der Waals surface area (Å²) in [4.78, 5) is 23.5. The van der Waals surface area contributed by atoms with E-state index in [1.54, 1.807) is 31.4 Å². The molecular formula is C20H22N4O2. The lowest BCUT2D eigenvalue weighted by Gasteiger charge is -2.41. The van der Waals surface area contributed by atoms with Gasteiger partial charge in [0.05, 0.1) is 17.2 Å². The van der Waals surface area contributed by atoms with Crippen molar-refractivity contribution in [3.63, 3.8) is 0 Å². The summed E-state index contributed by atoms with van der Waals surface area (Å²) in [6.07, 6.45) is 3.80. The molecule has 1 aliphatic carbocycles. The van der Waals surface area contributed by atoms with Crippen LogP contribution in [0.25, 0.3) is 11.3 Å². The number of hydrogen-bond acceptors (Lipinski definition) is 5. The van der Waals surface area contributed by atoms with E-state index >= 15 is 0 Å². The number of hydrogen-bond donors (Lipinski definition) is 2. The van der Waals surface area contributed by atoms with E-state index in [4.69, 9.17) is 10.7 Å². The number of benzene rings is 1. The van der Waals surface area contributed by atoms with E-state index in [0.29, 0.717) is 5.92 Å². The van der Waals surface area contributed by atoms with Crippen LogP contribution in [0.1, 0.15) is 25.3 Å². The lowest BCUT2D eigenvalue weighted by atomic mass is 9.75. The highest BCUT2D eigenvalue weighted by atomic mass is 16.3. The van der Waals surface area contributed by atoms with Gasteiger partial charge in [0.15, 0.2) is 5.96 Å². The molecule has 0 radical (unpaired) electrons. The van der Waals surface area contributed by atoms with Crippen molar-refractivity contribution in [2.75, 3.05) is 7.05 Å². The average Bonchev–Trinajstić information content (AvgIpc) is 3.45. The van der Waals surface area contributed by atoms with Gasteiger partial charge in [0.1, 0.15) is 5.75 Å². The zero-order valence-electron chi connectivity index (χ0n) is 14.9. The number of amides is 1. The van der Waals surface area contributed by atoms with E-state index in [1.807, 2.05) is 25.1 Å². The minimum atomic E-state index is -0.719. The Kier molecular flexibility index (Phi) is 3.72. The highest BCUT2D eigenvalue weighted by Gasteiger charge is 2.53. The normalized spacial score (nSPS) is 25.9. The van der Waals surface area contributed by atoms with Crippen LogP contribution in [0, 0.1) is 11.8 Å². The zero-order valence-corrected chi connectivity index (χ0v) is 14.9. The fourth-order valence-electron chi connectivity index (χ4n) is 3.85. The summed E-state index contributed by atoms with van der Waals surface area (Å²) in [5.74, 6) is 0.570. The SMILES string of the molecule is CN1C(=O)[C@@H](C2CC2)[C@@](C)(c2ccnc(-c3cccc(O)c3)c2)N=C1N. The summed E-state index contributed by atoms with van der Waals surface area (Å²) in [5.41, 5.74) is 7.78. The van der Waals surface area contributed by atoms with Gasteiger partial charge in [-0.1, -0.05) is 12.1 Å². The third kappa shape index (κ3) is 2.62. The highest BCUT2D eigenvalue weighted by molar-refractivity contribution is 6.00. The van der Waals surface area contributed by atoms with Gasteiger partial charge in [-0.2, -0.15) is 0 Å². The zero-order chi connectivity index (χ0) is 18.5. The van der Waals surface area contributed by atoms with Gasteiger partial charge in [0.25, 0.3) is 0 Å². The van der Waals surface area contributed by atoms with Crippen LogP contribution in [0.2, 0.25) is 0 Å². The number of guanidine groups is 1. The summed E-state index contributed by atoms with van der Waals surface area (Å²) in [5, 5.41) is 9.75. The molecule has 0 unspecified atom stereocenters. The number of aromatic nitrogens is 1. The molecule has 2 atom stereocenters. The minimum Gasteiger partial charge on any atom is -0.508 e. The van der Waals surface area contributed by atoms with Crippen molar-refractivity contribution in [3.8, 4) is 17.0 Å². The molecule has 1 amide bonds. The summed E-state index contributed by atoms with van der Waals surface area (Å²) in [6.45, 7) is 1.98. The number of nitrogens with zero attached hydrogens (tertiary/aromatic N) is 3. The Bertz CT molecular complexity index is 906. The third-order valence-electron chi connectivity index (χ3n) is 5.47. The molecule has 0 saturated heterocycles. The number of nitrogens with two attached hydrogens (primary N) is 1. The molecule has 6 heteroatoms. The van der Waals surface area contributed by atoms with Crippen molar-refractivity contribution < 1.29 is 9.90 Å². The van der Waals surface area contributed by atoms with Gasteiger partial charge < -0.3 is 10.8 Å². The predicted molar refractivity (Wildman–Crippen MR) is 99.3 cm³/mol. The predicted octanol–water partition coefficient (Wildman–Crippen LogP) is 2.48. The molecule has 134 valence electrons. The Morgan fingerprint density at radius 2 is 2.04 bits per heavy atom. The van der Waals surface area contributed by atoms with Crippen LogP contribution in [0.5, 0.6) is 5.75 Å². The van der Waals surface area contributed by atoms with Crippen molar-refractivity contribution in [1.82, 2.24) is 9.88 Å². The first-order valence-electron chi connectivity index (χ1n) is 8.79. The monoisotopic (exact) mass is 350 g/mol. The number of carbonyl (C=O) groups is 1. The molecule has 2 heterocycles. The average molecular weight is 350 g/mol. The molecule has 1 aliphatic heterocycles. The largest absolute Gasteiger partial charge is 0.508 e. The highest BCUT2D eigenvalue weighted by Crippen LogP contribution is 2.50. The molecule has 4 rings (SSSR count). The molecule has 6 nitrogen and oxygen atoms in total. The van der Waals surface area contributed by atoms with Crippen LogP contribution >= 0.6 is 0 Å². The maximum Gasteiger partial charge on any atom is 0.235 e. The number of pyridine rings is 1. The van der Waals surface area contributed by atoms with Crippen LogP contribution in [0.15, 0.2) is 47.6 Å². The van der Waals surface area contributed by atoms with Crippen LogP contribution in [-0.2, 0) is 10.3 Å². The lowest BCUT2D eigenvalue weighted by Crippen LogP contribution is -2.54. The van der Waals surface area contributed by atoms with E-state index in [-0.39, 0.29) is 23.5 Å². The number of carbonyl (C=O) groups excluding carboxylic acids is 1. The van der Waals surface area contributed by atoms with Crippen molar-refractivity contribution in [2.45, 2.75) is 25.3 Å². The van der Waals surface area contributed by atoms with Gasteiger partial charge in [-0.05, 0) is 55.5 Å². The molecule has 1 saturated carbocycles. The fraction of sp³-hybridized carbons (Fsp3) is 0.350. The Morgan fingerprint density at radius 3 is 2.73 bits per heavy atom. The standard InChI is InChI=1S/C20H22N4O2/c1-20(17(12-6-7-12)18(26)24(2)19(21)23-20)14-8-9-22-16(11-14)13-4-3-5-15(25)10-13/h3-5,8-12,17,25H,6-7H2,1-2H3,(H2,21,23)/t17-,20-/m1/s1.